The Morgan fingerprint density at radius 2 is 1.85 bits per heavy atom. The molecule has 0 saturated carbocycles. The summed E-state index contributed by atoms with van der Waals surface area (Å²) in [7, 11) is 1.60. The van der Waals surface area contributed by atoms with E-state index in [4.69, 9.17) is 4.74 Å². The van der Waals surface area contributed by atoms with Crippen molar-refractivity contribution in [2.75, 3.05) is 7.11 Å². The lowest BCUT2D eigenvalue weighted by atomic mass is 10.1. The zero-order valence-electron chi connectivity index (χ0n) is 19.2. The number of methoxy groups -OCH3 is 1. The van der Waals surface area contributed by atoms with Crippen LogP contribution < -0.4 is 15.6 Å². The van der Waals surface area contributed by atoms with Crippen molar-refractivity contribution in [1.29, 1.82) is 0 Å². The zero-order chi connectivity index (χ0) is 23.5. The normalized spacial score (nSPS) is 12.0. The van der Waals surface area contributed by atoms with Crippen molar-refractivity contribution in [2.24, 2.45) is 0 Å². The van der Waals surface area contributed by atoms with Gasteiger partial charge in [0.15, 0.2) is 5.52 Å². The van der Waals surface area contributed by atoms with Crippen LogP contribution in [0.1, 0.15) is 36.3 Å². The number of ether oxygens (including phenoxy) is 1. The lowest BCUT2D eigenvalue weighted by Crippen LogP contribution is -2.38. The van der Waals surface area contributed by atoms with Crippen molar-refractivity contribution >= 4 is 16.8 Å². The van der Waals surface area contributed by atoms with Crippen molar-refractivity contribution in [3.05, 3.63) is 81.9 Å². The van der Waals surface area contributed by atoms with Gasteiger partial charge in [-0.05, 0) is 50.1 Å². The van der Waals surface area contributed by atoms with E-state index in [1.165, 1.54) is 4.68 Å². The van der Waals surface area contributed by atoms with E-state index in [-0.39, 0.29) is 11.5 Å². The van der Waals surface area contributed by atoms with Crippen molar-refractivity contribution < 1.29 is 9.53 Å². The Balaban J connectivity index is 1.68. The molecule has 2 aromatic heterocycles. The standard InChI is InChI=1S/C25H27N5O3/c1-5-21(24(31)26-15-18-10-9-13-20(14-18)33-4)30-25(32)23-22(16(2)27-30)17(3)29(28-23)19-11-7-6-8-12-19/h6-14,21H,5,15H2,1-4H3,(H,26,31)/t21-/m1/s1. The summed E-state index contributed by atoms with van der Waals surface area (Å²) < 4.78 is 8.25. The van der Waals surface area contributed by atoms with E-state index in [9.17, 15) is 9.59 Å². The van der Waals surface area contributed by atoms with E-state index in [1.54, 1.807) is 11.8 Å². The number of aryl methyl sites for hydroxylation is 2. The van der Waals surface area contributed by atoms with Gasteiger partial charge in [0.2, 0.25) is 5.91 Å². The third kappa shape index (κ3) is 4.24. The molecule has 8 nitrogen and oxygen atoms in total. The van der Waals surface area contributed by atoms with Crippen molar-refractivity contribution in [1.82, 2.24) is 24.9 Å². The van der Waals surface area contributed by atoms with E-state index in [2.05, 4.69) is 15.5 Å². The predicted molar refractivity (Wildman–Crippen MR) is 127 cm³/mol. The van der Waals surface area contributed by atoms with Crippen molar-refractivity contribution in [3.8, 4) is 11.4 Å². The Morgan fingerprint density at radius 3 is 2.55 bits per heavy atom. The van der Waals surface area contributed by atoms with Crippen LogP contribution in [-0.2, 0) is 11.3 Å². The van der Waals surface area contributed by atoms with Crippen molar-refractivity contribution in [2.45, 2.75) is 39.8 Å². The Kier molecular flexibility index (Phi) is 6.26. The van der Waals surface area contributed by atoms with E-state index < -0.39 is 6.04 Å². The van der Waals surface area contributed by atoms with Gasteiger partial charge < -0.3 is 10.1 Å². The summed E-state index contributed by atoms with van der Waals surface area (Å²) in [6.45, 7) is 5.93. The van der Waals surface area contributed by atoms with Gasteiger partial charge in [-0.15, -0.1) is 0 Å². The number of hydrogen-bond donors (Lipinski definition) is 1. The van der Waals surface area contributed by atoms with Crippen LogP contribution in [0.3, 0.4) is 0 Å². The van der Waals surface area contributed by atoms with Crippen LogP contribution in [0.4, 0.5) is 0 Å². The van der Waals surface area contributed by atoms with Gasteiger partial charge in [-0.25, -0.2) is 9.36 Å². The highest BCUT2D eigenvalue weighted by atomic mass is 16.5. The van der Waals surface area contributed by atoms with Crippen LogP contribution in [0.2, 0.25) is 0 Å². The molecule has 1 atom stereocenters. The number of rotatable bonds is 7. The fraction of sp³-hybridized carbons (Fsp3) is 0.280. The zero-order valence-corrected chi connectivity index (χ0v) is 19.2. The number of benzene rings is 2. The summed E-state index contributed by atoms with van der Waals surface area (Å²) in [5, 5.41) is 12.7. The first-order chi connectivity index (χ1) is 15.9. The number of carbonyl (C=O) groups is 1. The topological polar surface area (TPSA) is 91.0 Å². The Bertz CT molecular complexity index is 1360. The summed E-state index contributed by atoms with van der Waals surface area (Å²) in [5.41, 5.74) is 3.19. The number of nitrogens with zero attached hydrogens (tertiary/aromatic N) is 4. The second-order valence-electron chi connectivity index (χ2n) is 7.88. The molecule has 4 rings (SSSR count). The van der Waals surface area contributed by atoms with Gasteiger partial charge in [0, 0.05) is 6.54 Å². The molecular weight excluding hydrogens is 418 g/mol. The molecule has 33 heavy (non-hydrogen) atoms. The van der Waals surface area contributed by atoms with Gasteiger partial charge >= 0.3 is 0 Å². The minimum Gasteiger partial charge on any atom is -0.497 e. The van der Waals surface area contributed by atoms with E-state index >= 15 is 0 Å². The molecule has 0 spiro atoms. The fourth-order valence-corrected chi connectivity index (χ4v) is 4.04. The van der Waals surface area contributed by atoms with Gasteiger partial charge in [0.05, 0.1) is 29.6 Å². The number of hydrogen-bond acceptors (Lipinski definition) is 5. The van der Waals surface area contributed by atoms with Crippen LogP contribution in [0.15, 0.2) is 59.4 Å². The summed E-state index contributed by atoms with van der Waals surface area (Å²) in [6, 6.07) is 16.4. The average Bonchev–Trinajstić information content (AvgIpc) is 3.20. The van der Waals surface area contributed by atoms with Crippen LogP contribution in [0.25, 0.3) is 16.6 Å². The summed E-state index contributed by atoms with van der Waals surface area (Å²) >= 11 is 0. The second-order valence-corrected chi connectivity index (χ2v) is 7.88. The summed E-state index contributed by atoms with van der Waals surface area (Å²) in [4.78, 5) is 26.4. The Morgan fingerprint density at radius 1 is 1.09 bits per heavy atom. The predicted octanol–water partition coefficient (Wildman–Crippen LogP) is 3.48. The molecule has 0 aliphatic rings. The molecule has 2 heterocycles. The highest BCUT2D eigenvalue weighted by molar-refractivity contribution is 5.84. The van der Waals surface area contributed by atoms with Crippen molar-refractivity contribution in [3.63, 3.8) is 0 Å². The van der Waals surface area contributed by atoms with Crippen LogP contribution in [0.5, 0.6) is 5.75 Å². The van der Waals surface area contributed by atoms with Gasteiger partial charge in [-0.2, -0.15) is 10.2 Å². The number of para-hydroxylation sites is 1. The SMILES string of the molecule is CC[C@H](C(=O)NCc1cccc(OC)c1)n1nc(C)c2c(C)n(-c3ccccc3)nc2c1=O. The molecule has 170 valence electrons. The lowest BCUT2D eigenvalue weighted by molar-refractivity contribution is -0.125. The van der Waals surface area contributed by atoms with E-state index in [0.29, 0.717) is 29.6 Å². The third-order valence-electron chi connectivity index (χ3n) is 5.73. The first kappa shape index (κ1) is 22.3. The summed E-state index contributed by atoms with van der Waals surface area (Å²) in [5.74, 6) is 0.449. The lowest BCUT2D eigenvalue weighted by Gasteiger charge is -2.17. The molecular formula is C25H27N5O3. The smallest absolute Gasteiger partial charge is 0.295 e. The van der Waals surface area contributed by atoms with E-state index in [0.717, 1.165) is 22.7 Å². The van der Waals surface area contributed by atoms with Gasteiger partial charge in [0.1, 0.15) is 11.8 Å². The maximum Gasteiger partial charge on any atom is 0.295 e. The maximum absolute atomic E-state index is 13.4. The van der Waals surface area contributed by atoms with Gasteiger partial charge in [-0.1, -0.05) is 37.3 Å². The molecule has 0 bridgehead atoms. The molecule has 0 radical (unpaired) electrons. The minimum absolute atomic E-state index is 0.270. The minimum atomic E-state index is -0.742. The highest BCUT2D eigenvalue weighted by Crippen LogP contribution is 2.22. The molecule has 2 aromatic carbocycles. The molecule has 0 aliphatic heterocycles. The quantitative estimate of drug-likeness (QED) is 0.470. The largest absolute Gasteiger partial charge is 0.497 e. The maximum atomic E-state index is 13.4. The number of amides is 1. The van der Waals surface area contributed by atoms with Crippen LogP contribution in [0, 0.1) is 13.8 Å². The molecule has 8 heteroatoms. The van der Waals surface area contributed by atoms with Gasteiger partial charge in [-0.3, -0.25) is 9.59 Å². The Labute approximate surface area is 191 Å². The second kappa shape index (κ2) is 9.28. The monoisotopic (exact) mass is 445 g/mol. The molecule has 4 aromatic rings. The first-order valence-electron chi connectivity index (χ1n) is 10.9. The van der Waals surface area contributed by atoms with E-state index in [1.807, 2.05) is 75.4 Å². The Hall–Kier alpha value is -3.94. The number of carbonyl (C=O) groups excluding carboxylic acids is 1. The number of aromatic nitrogens is 4. The van der Waals surface area contributed by atoms with Crippen LogP contribution >= 0.6 is 0 Å². The molecule has 1 N–H and O–H groups in total. The molecule has 1 amide bonds. The highest BCUT2D eigenvalue weighted by Gasteiger charge is 2.25. The molecule has 0 aliphatic carbocycles. The fourth-order valence-electron chi connectivity index (χ4n) is 4.04. The third-order valence-corrected chi connectivity index (χ3v) is 5.73. The number of fused-ring (bicyclic) bond motifs is 1. The first-order valence-corrected chi connectivity index (χ1v) is 10.9. The average molecular weight is 446 g/mol. The molecule has 0 saturated heterocycles. The summed E-state index contributed by atoms with van der Waals surface area (Å²) in [6.07, 6.45) is 0.417. The van der Waals surface area contributed by atoms with Crippen LogP contribution in [-0.4, -0.2) is 32.6 Å². The molecule has 0 unspecified atom stereocenters. The molecule has 0 fully saturated rings. The number of nitrogens with one attached hydrogen (secondary N) is 1. The van der Waals surface area contributed by atoms with Gasteiger partial charge in [0.25, 0.3) is 5.56 Å².